The average Bonchev–Trinajstić information content (AvgIpc) is 2.86. The second-order valence-corrected chi connectivity index (χ2v) is 4.39. The van der Waals surface area contributed by atoms with Crippen molar-refractivity contribution in [2.75, 3.05) is 27.4 Å². The van der Waals surface area contributed by atoms with E-state index in [1.54, 1.807) is 33.3 Å². The van der Waals surface area contributed by atoms with Crippen LogP contribution in [0.15, 0.2) is 18.2 Å². The molecule has 1 aliphatic heterocycles. The Morgan fingerprint density at radius 1 is 1.21 bits per heavy atom. The van der Waals surface area contributed by atoms with Gasteiger partial charge in [-0.2, -0.15) is 5.26 Å². The van der Waals surface area contributed by atoms with E-state index in [4.69, 9.17) is 18.9 Å². The van der Waals surface area contributed by atoms with Crippen LogP contribution in [0.25, 0.3) is 0 Å². The van der Waals surface area contributed by atoms with Crippen molar-refractivity contribution in [3.8, 4) is 17.6 Å². The van der Waals surface area contributed by atoms with Gasteiger partial charge in [-0.25, -0.2) is 0 Å². The first kappa shape index (κ1) is 13.7. The first-order valence-corrected chi connectivity index (χ1v) is 6.04. The van der Waals surface area contributed by atoms with Gasteiger partial charge in [0.25, 0.3) is 0 Å². The van der Waals surface area contributed by atoms with Gasteiger partial charge in [0.1, 0.15) is 5.92 Å². The van der Waals surface area contributed by atoms with Crippen molar-refractivity contribution in [2.45, 2.75) is 18.6 Å². The molecule has 19 heavy (non-hydrogen) atoms. The highest BCUT2D eigenvalue weighted by Gasteiger charge is 2.41. The van der Waals surface area contributed by atoms with Crippen LogP contribution in [0, 0.1) is 11.3 Å². The molecule has 0 amide bonds. The Kier molecular flexibility index (Phi) is 3.93. The van der Waals surface area contributed by atoms with Crippen molar-refractivity contribution in [2.24, 2.45) is 0 Å². The van der Waals surface area contributed by atoms with Crippen molar-refractivity contribution in [1.82, 2.24) is 0 Å². The summed E-state index contributed by atoms with van der Waals surface area (Å²) in [5, 5.41) is 9.41. The Morgan fingerprint density at radius 3 is 2.37 bits per heavy atom. The number of hydrogen-bond donors (Lipinski definition) is 0. The lowest BCUT2D eigenvalue weighted by Gasteiger charge is -2.28. The molecule has 1 saturated heterocycles. The fraction of sp³-hybridized carbons (Fsp3) is 0.500. The minimum absolute atomic E-state index is 0.502. The monoisotopic (exact) mass is 263 g/mol. The van der Waals surface area contributed by atoms with E-state index in [-0.39, 0.29) is 0 Å². The number of hydrogen-bond acceptors (Lipinski definition) is 5. The number of benzene rings is 1. The largest absolute Gasteiger partial charge is 0.493 e. The maximum absolute atomic E-state index is 9.41. The van der Waals surface area contributed by atoms with Crippen LogP contribution >= 0.6 is 0 Å². The molecule has 1 aromatic carbocycles. The van der Waals surface area contributed by atoms with E-state index in [9.17, 15) is 5.26 Å². The van der Waals surface area contributed by atoms with E-state index in [0.29, 0.717) is 24.7 Å². The third kappa shape index (κ3) is 2.50. The van der Waals surface area contributed by atoms with Gasteiger partial charge in [-0.15, -0.1) is 0 Å². The van der Waals surface area contributed by atoms with E-state index >= 15 is 0 Å². The molecule has 0 aliphatic carbocycles. The lowest BCUT2D eigenvalue weighted by molar-refractivity contribution is -0.149. The van der Waals surface area contributed by atoms with Gasteiger partial charge in [-0.05, 0) is 24.6 Å². The fourth-order valence-corrected chi connectivity index (χ4v) is 2.22. The summed E-state index contributed by atoms with van der Waals surface area (Å²) in [4.78, 5) is 0. The number of nitriles is 1. The first-order chi connectivity index (χ1) is 9.14. The summed E-state index contributed by atoms with van der Waals surface area (Å²) in [7, 11) is 3.14. The maximum Gasteiger partial charge on any atom is 0.185 e. The van der Waals surface area contributed by atoms with Crippen LogP contribution in [0.4, 0.5) is 0 Å². The summed E-state index contributed by atoms with van der Waals surface area (Å²) < 4.78 is 21.6. The van der Waals surface area contributed by atoms with Gasteiger partial charge < -0.3 is 18.9 Å². The Bertz CT molecular complexity index is 489. The van der Waals surface area contributed by atoms with Gasteiger partial charge >= 0.3 is 0 Å². The topological polar surface area (TPSA) is 60.7 Å². The third-order valence-corrected chi connectivity index (χ3v) is 3.26. The molecule has 0 bridgehead atoms. The van der Waals surface area contributed by atoms with Gasteiger partial charge in [0.2, 0.25) is 0 Å². The van der Waals surface area contributed by atoms with E-state index in [2.05, 4.69) is 6.07 Å². The Morgan fingerprint density at radius 2 is 1.84 bits per heavy atom. The zero-order valence-electron chi connectivity index (χ0n) is 11.3. The first-order valence-electron chi connectivity index (χ1n) is 6.04. The van der Waals surface area contributed by atoms with Crippen molar-refractivity contribution in [3.63, 3.8) is 0 Å². The van der Waals surface area contributed by atoms with Crippen LogP contribution in [0.3, 0.4) is 0 Å². The summed E-state index contributed by atoms with van der Waals surface area (Å²) in [6.07, 6.45) is 0. The van der Waals surface area contributed by atoms with Gasteiger partial charge in [0, 0.05) is 0 Å². The molecule has 5 nitrogen and oxygen atoms in total. The average molecular weight is 263 g/mol. The van der Waals surface area contributed by atoms with Gasteiger partial charge in [0.05, 0.1) is 33.5 Å². The lowest BCUT2D eigenvalue weighted by atomic mass is 9.92. The van der Waals surface area contributed by atoms with Crippen LogP contribution in [0.2, 0.25) is 0 Å². The molecular formula is C14H17NO4. The number of rotatable bonds is 4. The second kappa shape index (κ2) is 5.47. The Balaban J connectivity index is 2.36. The summed E-state index contributed by atoms with van der Waals surface area (Å²) in [5.74, 6) is -0.216. The Labute approximate surface area is 112 Å². The SMILES string of the molecule is COc1ccc([C@H](C#N)C2(C)OCCO2)cc1OC. The zero-order valence-corrected chi connectivity index (χ0v) is 11.3. The van der Waals surface area contributed by atoms with Gasteiger partial charge in [-0.3, -0.25) is 0 Å². The van der Waals surface area contributed by atoms with Crippen molar-refractivity contribution < 1.29 is 18.9 Å². The molecule has 1 aromatic rings. The molecule has 0 saturated carbocycles. The number of methoxy groups -OCH3 is 2. The van der Waals surface area contributed by atoms with Crippen LogP contribution in [-0.2, 0) is 9.47 Å². The predicted octanol–water partition coefficient (Wildman–Crippen LogP) is 2.07. The van der Waals surface area contributed by atoms with Gasteiger partial charge in [0.15, 0.2) is 17.3 Å². The standard InChI is InChI=1S/C14H17NO4/c1-14(18-6-7-19-14)11(9-15)10-4-5-12(16-2)13(8-10)17-3/h4-5,8,11H,6-7H2,1-3H3/t11-/m0/s1. The highest BCUT2D eigenvalue weighted by atomic mass is 16.7. The van der Waals surface area contributed by atoms with Crippen molar-refractivity contribution >= 4 is 0 Å². The highest BCUT2D eigenvalue weighted by Crippen LogP contribution is 2.38. The maximum atomic E-state index is 9.41. The smallest absolute Gasteiger partial charge is 0.185 e. The predicted molar refractivity (Wildman–Crippen MR) is 68.2 cm³/mol. The summed E-state index contributed by atoms with van der Waals surface area (Å²) in [6.45, 7) is 2.79. The van der Waals surface area contributed by atoms with Crippen LogP contribution in [0.1, 0.15) is 18.4 Å². The summed E-state index contributed by atoms with van der Waals surface area (Å²) in [5.41, 5.74) is 0.782. The molecule has 102 valence electrons. The molecule has 1 fully saturated rings. The van der Waals surface area contributed by atoms with E-state index < -0.39 is 11.7 Å². The number of nitrogens with zero attached hydrogens (tertiary/aromatic N) is 1. The summed E-state index contributed by atoms with van der Waals surface area (Å²) in [6, 6.07) is 7.62. The van der Waals surface area contributed by atoms with E-state index in [0.717, 1.165) is 5.56 Å². The van der Waals surface area contributed by atoms with Crippen LogP contribution in [-0.4, -0.2) is 33.2 Å². The second-order valence-electron chi connectivity index (χ2n) is 4.39. The van der Waals surface area contributed by atoms with Crippen molar-refractivity contribution in [1.29, 1.82) is 5.26 Å². The molecule has 0 aromatic heterocycles. The quantitative estimate of drug-likeness (QED) is 0.832. The summed E-state index contributed by atoms with van der Waals surface area (Å²) >= 11 is 0. The minimum Gasteiger partial charge on any atom is -0.493 e. The molecule has 0 radical (unpaired) electrons. The van der Waals surface area contributed by atoms with Crippen LogP contribution < -0.4 is 9.47 Å². The van der Waals surface area contributed by atoms with E-state index in [1.807, 2.05) is 6.07 Å². The molecule has 1 heterocycles. The lowest BCUT2D eigenvalue weighted by Crippen LogP contribution is -2.33. The molecule has 0 N–H and O–H groups in total. The molecule has 5 heteroatoms. The highest BCUT2D eigenvalue weighted by molar-refractivity contribution is 5.45. The van der Waals surface area contributed by atoms with Crippen molar-refractivity contribution in [3.05, 3.63) is 23.8 Å². The molecule has 0 spiro atoms. The molecule has 1 atom stereocenters. The Hall–Kier alpha value is -1.77. The molecular weight excluding hydrogens is 246 g/mol. The molecule has 0 unspecified atom stereocenters. The fourth-order valence-electron chi connectivity index (χ4n) is 2.22. The third-order valence-electron chi connectivity index (χ3n) is 3.26. The zero-order chi connectivity index (χ0) is 13.9. The van der Waals surface area contributed by atoms with E-state index in [1.165, 1.54) is 0 Å². The van der Waals surface area contributed by atoms with Gasteiger partial charge in [-0.1, -0.05) is 6.07 Å². The normalized spacial score (nSPS) is 18.6. The van der Waals surface area contributed by atoms with Crippen LogP contribution in [0.5, 0.6) is 11.5 Å². The molecule has 1 aliphatic rings. The minimum atomic E-state index is -0.908. The molecule has 2 rings (SSSR count). The number of ether oxygens (including phenoxy) is 4.